The zero-order chi connectivity index (χ0) is 35.3. The maximum absolute atomic E-state index is 9.35. The van der Waals surface area contributed by atoms with Gasteiger partial charge in [0.05, 0.1) is 11.0 Å². The Morgan fingerprint density at radius 1 is 0.419 bits per heavy atom. The maximum atomic E-state index is 9.35. The lowest BCUT2D eigenvalue weighted by molar-refractivity contribution is 0.670. The molecule has 0 amide bonds. The topological polar surface area (TPSA) is 13.1 Å². The molecule has 9 rings (SSSR count). The molecule has 0 aliphatic rings. The molecule has 1 nitrogen and oxygen atoms in total. The van der Waals surface area contributed by atoms with E-state index in [4.69, 9.17) is 9.90 Å². The Labute approximate surface area is 260 Å². The fourth-order valence-corrected chi connectivity index (χ4v) is 6.35. The van der Waals surface area contributed by atoms with Crippen LogP contribution >= 0.6 is 0 Å². The lowest BCUT2D eigenvalue weighted by atomic mass is 9.85. The number of furan rings is 1. The Morgan fingerprint density at radius 3 is 1.72 bits per heavy atom. The minimum Gasteiger partial charge on any atom is -0.455 e. The van der Waals surface area contributed by atoms with Gasteiger partial charge in [-0.3, -0.25) is 0 Å². The molecule has 0 fully saturated rings. The Balaban J connectivity index is 1.52. The summed E-state index contributed by atoms with van der Waals surface area (Å²) in [4.78, 5) is 0. The van der Waals surface area contributed by atoms with Crippen molar-refractivity contribution in [1.29, 1.82) is 0 Å². The van der Waals surface area contributed by atoms with Crippen molar-refractivity contribution in [2.45, 2.75) is 0 Å². The molecule has 200 valence electrons. The van der Waals surface area contributed by atoms with Crippen LogP contribution in [0.15, 0.2) is 162 Å². The maximum Gasteiger partial charge on any atom is 0.143 e. The van der Waals surface area contributed by atoms with E-state index in [0.29, 0.717) is 27.9 Å². The van der Waals surface area contributed by atoms with Crippen LogP contribution in [-0.4, -0.2) is 0 Å². The number of hydrogen-bond acceptors (Lipinski definition) is 1. The predicted octanol–water partition coefficient (Wildman–Crippen LogP) is 12.0. The fourth-order valence-electron chi connectivity index (χ4n) is 6.35. The fraction of sp³-hybridized carbons (Fsp3) is 0. The summed E-state index contributed by atoms with van der Waals surface area (Å²) >= 11 is 0. The summed E-state index contributed by atoms with van der Waals surface area (Å²) < 4.78 is 79.0. The van der Waals surface area contributed by atoms with Crippen LogP contribution < -0.4 is 0 Å². The van der Waals surface area contributed by atoms with Gasteiger partial charge in [-0.2, -0.15) is 0 Å². The van der Waals surface area contributed by atoms with E-state index in [9.17, 15) is 5.48 Å². The second-order valence-electron chi connectivity index (χ2n) is 10.7. The van der Waals surface area contributed by atoms with E-state index in [-0.39, 0.29) is 51.3 Å². The van der Waals surface area contributed by atoms with Gasteiger partial charge in [0.25, 0.3) is 0 Å². The van der Waals surface area contributed by atoms with E-state index in [1.165, 1.54) is 0 Å². The first-order valence-corrected chi connectivity index (χ1v) is 14.1. The molecule has 43 heavy (non-hydrogen) atoms. The Hall–Kier alpha value is -5.66. The third kappa shape index (κ3) is 3.72. The molecule has 0 atom stereocenters. The summed E-state index contributed by atoms with van der Waals surface area (Å²) in [5.41, 5.74) is 4.44. The molecule has 8 aromatic carbocycles. The van der Waals surface area contributed by atoms with Gasteiger partial charge in [-0.25, -0.2) is 0 Å². The van der Waals surface area contributed by atoms with Crippen LogP contribution in [0.5, 0.6) is 0 Å². The van der Waals surface area contributed by atoms with Gasteiger partial charge in [0, 0.05) is 21.9 Å². The van der Waals surface area contributed by atoms with Gasteiger partial charge in [-0.15, -0.1) is 0 Å². The average Bonchev–Trinajstić information content (AvgIpc) is 3.53. The molecular weight excluding hydrogens is 520 g/mol. The van der Waals surface area contributed by atoms with Crippen molar-refractivity contribution in [3.8, 4) is 33.4 Å². The van der Waals surface area contributed by atoms with Crippen LogP contribution in [0.1, 0.15) is 11.0 Å². The first kappa shape index (κ1) is 17.3. The van der Waals surface area contributed by atoms with Crippen molar-refractivity contribution >= 4 is 54.3 Å². The van der Waals surface area contributed by atoms with Crippen molar-refractivity contribution in [3.05, 3.63) is 158 Å². The molecule has 1 aromatic heterocycles. The van der Waals surface area contributed by atoms with Crippen molar-refractivity contribution in [1.82, 2.24) is 0 Å². The molecule has 0 bridgehead atoms. The van der Waals surface area contributed by atoms with Gasteiger partial charge in [-0.05, 0) is 72.8 Å². The molecule has 0 aliphatic heterocycles. The zero-order valence-electron chi connectivity index (χ0n) is 30.8. The average molecular weight is 555 g/mol. The van der Waals surface area contributed by atoms with E-state index in [0.717, 1.165) is 32.7 Å². The van der Waals surface area contributed by atoms with E-state index >= 15 is 0 Å². The highest BCUT2D eigenvalue weighted by Crippen LogP contribution is 2.47. The minimum absolute atomic E-state index is 0.150. The Kier molecular flexibility index (Phi) is 3.80. The molecule has 0 N–H and O–H groups in total. The van der Waals surface area contributed by atoms with Gasteiger partial charge in [0.2, 0.25) is 0 Å². The summed E-state index contributed by atoms with van der Waals surface area (Å²) in [6.07, 6.45) is 0. The quantitative estimate of drug-likeness (QED) is 0.198. The number of benzene rings is 8. The first-order valence-electron chi connectivity index (χ1n) is 18.1. The van der Waals surface area contributed by atoms with Crippen molar-refractivity contribution in [2.24, 2.45) is 0 Å². The van der Waals surface area contributed by atoms with Crippen LogP contribution in [-0.2, 0) is 0 Å². The molecule has 0 saturated carbocycles. The molecular formula is C42H26O. The standard InChI is InChI=1S/C42H26O/c1-2-12-27(13-3-1)28-16-10-17-31(24-28)40-32-18-6-8-20-34(32)41(35-21-9-7-19-33(35)40)37-23-11-22-36-38-25-29-14-4-5-15-30(29)26-39(38)43-42(36)37/h1-26H/i6D,7D,8D,9D,18D,19D,20D,21D. The van der Waals surface area contributed by atoms with E-state index < -0.39 is 24.2 Å². The van der Waals surface area contributed by atoms with Gasteiger partial charge in [-0.1, -0.05) is 139 Å². The van der Waals surface area contributed by atoms with Gasteiger partial charge < -0.3 is 4.42 Å². The van der Waals surface area contributed by atoms with Gasteiger partial charge in [0.15, 0.2) is 0 Å². The van der Waals surface area contributed by atoms with Gasteiger partial charge in [0.1, 0.15) is 11.2 Å². The smallest absolute Gasteiger partial charge is 0.143 e. The monoisotopic (exact) mass is 554 g/mol. The molecule has 0 aliphatic carbocycles. The first-order chi connectivity index (χ1) is 24.7. The van der Waals surface area contributed by atoms with E-state index in [2.05, 4.69) is 6.07 Å². The van der Waals surface area contributed by atoms with E-state index in [1.807, 2.05) is 97.1 Å². The largest absolute Gasteiger partial charge is 0.455 e. The summed E-state index contributed by atoms with van der Waals surface area (Å²) in [6.45, 7) is 0. The van der Waals surface area contributed by atoms with Crippen LogP contribution in [0.2, 0.25) is 0 Å². The predicted molar refractivity (Wildman–Crippen MR) is 183 cm³/mol. The summed E-state index contributed by atoms with van der Waals surface area (Å²) in [5.74, 6) is 0. The van der Waals surface area contributed by atoms with Crippen LogP contribution in [0.4, 0.5) is 0 Å². The zero-order valence-corrected chi connectivity index (χ0v) is 22.8. The summed E-state index contributed by atoms with van der Waals surface area (Å²) in [5, 5.41) is 4.28. The second kappa shape index (κ2) is 9.44. The molecule has 1 heterocycles. The molecule has 1 heteroatoms. The number of rotatable bonds is 3. The molecule has 9 aromatic rings. The highest BCUT2D eigenvalue weighted by Gasteiger charge is 2.20. The van der Waals surface area contributed by atoms with E-state index in [1.54, 1.807) is 6.07 Å². The highest BCUT2D eigenvalue weighted by atomic mass is 16.3. The lowest BCUT2D eigenvalue weighted by Crippen LogP contribution is -1.91. The number of para-hydroxylation sites is 1. The lowest BCUT2D eigenvalue weighted by Gasteiger charge is -2.18. The normalized spacial score (nSPS) is 14.3. The molecule has 0 saturated heterocycles. The van der Waals surface area contributed by atoms with Crippen molar-refractivity contribution in [2.75, 3.05) is 0 Å². The van der Waals surface area contributed by atoms with Gasteiger partial charge >= 0.3 is 0 Å². The van der Waals surface area contributed by atoms with Crippen LogP contribution in [0, 0.1) is 0 Å². The SMILES string of the molecule is [2H]c1c([2H])c([2H])c2c(-c3cccc4c3oc3cc5ccccc5cc34)c3c([2H])c([2H])c([2H])c([2H])c3c(-c3cccc(-c4ccccc4)c3)c2c1[2H]. The van der Waals surface area contributed by atoms with Crippen molar-refractivity contribution < 1.29 is 15.4 Å². The third-order valence-corrected chi connectivity index (χ3v) is 8.27. The number of fused-ring (bicyclic) bond motifs is 6. The molecule has 0 spiro atoms. The van der Waals surface area contributed by atoms with Crippen molar-refractivity contribution in [3.63, 3.8) is 0 Å². The Bertz CT molecular complexity index is 2870. The van der Waals surface area contributed by atoms with Crippen LogP contribution in [0.25, 0.3) is 87.6 Å². The molecule has 0 radical (unpaired) electrons. The summed E-state index contributed by atoms with van der Waals surface area (Å²) in [7, 11) is 0. The number of hydrogen-bond donors (Lipinski definition) is 0. The second-order valence-corrected chi connectivity index (χ2v) is 10.7. The minimum atomic E-state index is -0.444. The third-order valence-electron chi connectivity index (χ3n) is 8.27. The van der Waals surface area contributed by atoms with Crippen LogP contribution in [0.3, 0.4) is 0 Å². The summed E-state index contributed by atoms with van der Waals surface area (Å²) in [6, 6.07) is 31.7. The Morgan fingerprint density at radius 2 is 1.00 bits per heavy atom. The highest BCUT2D eigenvalue weighted by molar-refractivity contribution is 6.24. The molecule has 0 unspecified atom stereocenters.